The van der Waals surface area contributed by atoms with Crippen LogP contribution in [0, 0.1) is 5.92 Å². The highest BCUT2D eigenvalue weighted by Gasteiger charge is 2.25. The fourth-order valence-electron chi connectivity index (χ4n) is 3.72. The van der Waals surface area contributed by atoms with Gasteiger partial charge in [0, 0.05) is 46.1 Å². The van der Waals surface area contributed by atoms with Crippen LogP contribution in [-0.4, -0.2) is 72.7 Å². The van der Waals surface area contributed by atoms with Crippen molar-refractivity contribution in [2.45, 2.75) is 45.2 Å². The molecular formula is C18H33IN6O2. The maximum absolute atomic E-state index is 5.68. The minimum atomic E-state index is 0. The van der Waals surface area contributed by atoms with E-state index in [0.717, 1.165) is 56.7 Å². The first-order valence-corrected chi connectivity index (χ1v) is 9.75. The number of guanidine groups is 1. The van der Waals surface area contributed by atoms with E-state index < -0.39 is 0 Å². The molecule has 8 nitrogen and oxygen atoms in total. The molecule has 0 saturated carbocycles. The second kappa shape index (κ2) is 11.8. The van der Waals surface area contributed by atoms with E-state index in [1.54, 1.807) is 7.11 Å². The average Bonchev–Trinajstić information content (AvgIpc) is 3.20. The predicted octanol–water partition coefficient (Wildman–Crippen LogP) is 1.68. The van der Waals surface area contributed by atoms with E-state index in [-0.39, 0.29) is 24.0 Å². The minimum absolute atomic E-state index is 0. The zero-order valence-electron chi connectivity index (χ0n) is 16.5. The molecule has 9 heteroatoms. The van der Waals surface area contributed by atoms with Gasteiger partial charge in [-0.25, -0.2) is 0 Å². The maximum atomic E-state index is 5.68. The summed E-state index contributed by atoms with van der Waals surface area (Å²) in [5.41, 5.74) is 0. The summed E-state index contributed by atoms with van der Waals surface area (Å²) in [7, 11) is 3.54. The molecule has 1 aromatic rings. The van der Waals surface area contributed by atoms with Crippen molar-refractivity contribution in [3.8, 4) is 0 Å². The van der Waals surface area contributed by atoms with Crippen molar-refractivity contribution in [2.24, 2.45) is 10.9 Å². The van der Waals surface area contributed by atoms with Crippen LogP contribution in [0.1, 0.15) is 37.3 Å². The maximum Gasteiger partial charge on any atom is 0.194 e. The Bertz CT molecular complexity index is 594. The van der Waals surface area contributed by atoms with Gasteiger partial charge in [0.25, 0.3) is 0 Å². The van der Waals surface area contributed by atoms with E-state index in [2.05, 4.69) is 30.0 Å². The molecule has 0 amide bonds. The lowest BCUT2D eigenvalue weighted by molar-refractivity contribution is 0.0536. The van der Waals surface area contributed by atoms with Gasteiger partial charge in [-0.2, -0.15) is 0 Å². The van der Waals surface area contributed by atoms with Gasteiger partial charge in [-0.1, -0.05) is 6.42 Å². The summed E-state index contributed by atoms with van der Waals surface area (Å²) in [6.07, 6.45) is 5.88. The Hall–Kier alpha value is -0.940. The Labute approximate surface area is 179 Å². The Morgan fingerprint density at radius 2 is 2.11 bits per heavy atom. The minimum Gasteiger partial charge on any atom is -0.382 e. The van der Waals surface area contributed by atoms with Crippen molar-refractivity contribution in [1.82, 2.24) is 25.0 Å². The predicted molar refractivity (Wildman–Crippen MR) is 116 cm³/mol. The lowest BCUT2D eigenvalue weighted by atomic mass is 10.1. The van der Waals surface area contributed by atoms with E-state index in [0.29, 0.717) is 25.7 Å². The van der Waals surface area contributed by atoms with Crippen LogP contribution in [0.2, 0.25) is 0 Å². The average molecular weight is 492 g/mol. The van der Waals surface area contributed by atoms with Crippen molar-refractivity contribution in [3.05, 3.63) is 11.6 Å². The van der Waals surface area contributed by atoms with Crippen LogP contribution >= 0.6 is 24.0 Å². The van der Waals surface area contributed by atoms with E-state index in [4.69, 9.17) is 9.47 Å². The summed E-state index contributed by atoms with van der Waals surface area (Å²) in [5, 5.41) is 12.2. The molecule has 0 spiro atoms. The molecule has 2 aliphatic heterocycles. The van der Waals surface area contributed by atoms with Crippen molar-refractivity contribution in [2.75, 3.05) is 47.1 Å². The van der Waals surface area contributed by atoms with Crippen LogP contribution in [0.4, 0.5) is 0 Å². The summed E-state index contributed by atoms with van der Waals surface area (Å²) < 4.78 is 13.0. The Morgan fingerprint density at radius 3 is 2.93 bits per heavy atom. The largest absolute Gasteiger partial charge is 0.382 e. The molecule has 3 rings (SSSR count). The van der Waals surface area contributed by atoms with Gasteiger partial charge in [-0.3, -0.25) is 4.99 Å². The quantitative estimate of drug-likeness (QED) is 0.270. The molecule has 154 valence electrons. The second-order valence-electron chi connectivity index (χ2n) is 7.06. The fourth-order valence-corrected chi connectivity index (χ4v) is 3.72. The monoisotopic (exact) mass is 492 g/mol. The highest BCUT2D eigenvalue weighted by Crippen LogP contribution is 2.17. The Morgan fingerprint density at radius 1 is 1.22 bits per heavy atom. The van der Waals surface area contributed by atoms with Gasteiger partial charge < -0.3 is 24.3 Å². The van der Waals surface area contributed by atoms with Crippen LogP contribution in [0.15, 0.2) is 4.99 Å². The van der Waals surface area contributed by atoms with Gasteiger partial charge in [0.2, 0.25) is 0 Å². The first kappa shape index (κ1) is 22.4. The normalized spacial score (nSPS) is 20.1. The summed E-state index contributed by atoms with van der Waals surface area (Å²) in [4.78, 5) is 6.77. The highest BCUT2D eigenvalue weighted by atomic mass is 127. The first-order chi connectivity index (χ1) is 12.8. The number of nitrogens with one attached hydrogen (secondary N) is 1. The number of aryl methyl sites for hydroxylation is 1. The molecular weight excluding hydrogens is 459 g/mol. The number of aliphatic imine (C=N–C) groups is 1. The number of aromatic nitrogens is 3. The molecule has 0 aliphatic carbocycles. The van der Waals surface area contributed by atoms with Crippen LogP contribution in [0.5, 0.6) is 0 Å². The number of nitrogens with zero attached hydrogens (tertiary/aromatic N) is 5. The molecule has 0 aromatic carbocycles. The van der Waals surface area contributed by atoms with E-state index >= 15 is 0 Å². The third-order valence-electron chi connectivity index (χ3n) is 5.17. The number of ether oxygens (including phenoxy) is 2. The molecule has 27 heavy (non-hydrogen) atoms. The lowest BCUT2D eigenvalue weighted by Gasteiger charge is -2.21. The molecule has 1 N–H and O–H groups in total. The second-order valence-corrected chi connectivity index (χ2v) is 7.06. The molecule has 1 aromatic heterocycles. The Balaban J connectivity index is 0.00000261. The molecule has 0 bridgehead atoms. The number of methoxy groups -OCH3 is 1. The van der Waals surface area contributed by atoms with Crippen molar-refractivity contribution >= 4 is 29.9 Å². The number of hydrogen-bond acceptors (Lipinski definition) is 5. The van der Waals surface area contributed by atoms with Gasteiger partial charge >= 0.3 is 0 Å². The zero-order valence-corrected chi connectivity index (χ0v) is 18.9. The molecule has 1 fully saturated rings. The van der Waals surface area contributed by atoms with E-state index in [9.17, 15) is 0 Å². The summed E-state index contributed by atoms with van der Waals surface area (Å²) >= 11 is 0. The Kier molecular flexibility index (Phi) is 9.77. The van der Waals surface area contributed by atoms with Gasteiger partial charge in [0.1, 0.15) is 5.82 Å². The fraction of sp³-hybridized carbons (Fsp3) is 0.833. The number of halogens is 1. The summed E-state index contributed by atoms with van der Waals surface area (Å²) in [6, 6.07) is 0. The van der Waals surface area contributed by atoms with Crippen LogP contribution in [0.25, 0.3) is 0 Å². The molecule has 2 aliphatic rings. The highest BCUT2D eigenvalue weighted by molar-refractivity contribution is 14.0. The molecule has 1 saturated heterocycles. The molecule has 3 heterocycles. The van der Waals surface area contributed by atoms with E-state index in [1.807, 2.05) is 7.05 Å². The van der Waals surface area contributed by atoms with Gasteiger partial charge in [-0.15, -0.1) is 34.2 Å². The van der Waals surface area contributed by atoms with Crippen molar-refractivity contribution in [3.63, 3.8) is 0 Å². The van der Waals surface area contributed by atoms with Gasteiger partial charge in [0.15, 0.2) is 11.8 Å². The lowest BCUT2D eigenvalue weighted by Crippen LogP contribution is -2.40. The number of likely N-dealkylation sites (tertiary alicyclic amines) is 1. The SMILES string of the molecule is CN=C(NCc1nnc2n1CCCCC2)N1CCC(COCCOC)C1.I. The van der Waals surface area contributed by atoms with Crippen LogP contribution in [-0.2, 0) is 29.0 Å². The first-order valence-electron chi connectivity index (χ1n) is 9.75. The number of rotatable bonds is 7. The molecule has 1 unspecified atom stereocenters. The smallest absolute Gasteiger partial charge is 0.194 e. The van der Waals surface area contributed by atoms with E-state index in [1.165, 1.54) is 19.3 Å². The molecule has 1 atom stereocenters. The summed E-state index contributed by atoms with van der Waals surface area (Å²) in [6.45, 7) is 5.79. The van der Waals surface area contributed by atoms with Crippen molar-refractivity contribution < 1.29 is 9.47 Å². The number of fused-ring (bicyclic) bond motifs is 1. The topological polar surface area (TPSA) is 76.8 Å². The van der Waals surface area contributed by atoms with Gasteiger partial charge in [-0.05, 0) is 19.3 Å². The van der Waals surface area contributed by atoms with Crippen LogP contribution in [0.3, 0.4) is 0 Å². The van der Waals surface area contributed by atoms with Crippen molar-refractivity contribution in [1.29, 1.82) is 0 Å². The van der Waals surface area contributed by atoms with Gasteiger partial charge in [0.05, 0.1) is 26.4 Å². The third kappa shape index (κ3) is 6.28. The number of hydrogen-bond donors (Lipinski definition) is 1. The standard InChI is InChI=1S/C18H32N6O2.HI/c1-19-18(23-9-7-15(13-23)14-26-11-10-25-2)20-12-17-22-21-16-6-4-3-5-8-24(16)17;/h15H,3-14H2,1-2H3,(H,19,20);1H. The summed E-state index contributed by atoms with van der Waals surface area (Å²) in [5.74, 6) is 3.63. The third-order valence-corrected chi connectivity index (χ3v) is 5.17. The molecule has 0 radical (unpaired) electrons. The van der Waals surface area contributed by atoms with Crippen LogP contribution < -0.4 is 5.32 Å². The zero-order chi connectivity index (χ0) is 18.2.